The Morgan fingerprint density at radius 2 is 1.59 bits per heavy atom. The average molecular weight is 283 g/mol. The van der Waals surface area contributed by atoms with Crippen LogP contribution in [-0.2, 0) is 9.53 Å². The van der Waals surface area contributed by atoms with E-state index in [0.29, 0.717) is 6.42 Å². The van der Waals surface area contributed by atoms with Crippen molar-refractivity contribution in [2.75, 3.05) is 7.11 Å². The summed E-state index contributed by atoms with van der Waals surface area (Å²) in [6, 6.07) is 0. The minimum atomic E-state index is -0.105. The van der Waals surface area contributed by atoms with Crippen LogP contribution in [-0.4, -0.2) is 23.8 Å². The molecule has 2 nitrogen and oxygen atoms in total. The molecule has 17 heavy (non-hydrogen) atoms. The zero-order valence-electron chi connectivity index (χ0n) is 10.9. The molecule has 4 heteroatoms. The largest absolute Gasteiger partial charge is 0.469 e. The summed E-state index contributed by atoms with van der Waals surface area (Å²) in [5.41, 5.74) is 0. The third-order valence-electron chi connectivity index (χ3n) is 2.84. The lowest BCUT2D eigenvalue weighted by Gasteiger charge is -2.10. The van der Waals surface area contributed by atoms with Crippen molar-refractivity contribution in [3.8, 4) is 0 Å². The van der Waals surface area contributed by atoms with Crippen molar-refractivity contribution in [1.29, 1.82) is 0 Å². The van der Waals surface area contributed by atoms with E-state index >= 15 is 0 Å². The molecule has 102 valence electrons. The zero-order valence-corrected chi connectivity index (χ0v) is 12.4. The van der Waals surface area contributed by atoms with Gasteiger partial charge in [0.1, 0.15) is 0 Å². The maximum Gasteiger partial charge on any atom is 0.305 e. The number of carbonyl (C=O) groups excluding carboxylic acids is 1. The molecule has 0 fully saturated rings. The van der Waals surface area contributed by atoms with Crippen LogP contribution in [0.1, 0.15) is 58.3 Å². The quantitative estimate of drug-likeness (QED) is 0.335. The van der Waals surface area contributed by atoms with Gasteiger partial charge in [-0.1, -0.05) is 32.1 Å². The molecule has 2 atom stereocenters. The van der Waals surface area contributed by atoms with Crippen LogP contribution in [0.5, 0.6) is 0 Å². The highest BCUT2D eigenvalue weighted by Crippen LogP contribution is 2.17. The second-order valence-electron chi connectivity index (χ2n) is 4.43. The van der Waals surface area contributed by atoms with E-state index in [2.05, 4.69) is 4.74 Å². The van der Waals surface area contributed by atoms with Gasteiger partial charge in [-0.05, 0) is 19.8 Å². The minimum Gasteiger partial charge on any atom is -0.469 e. The van der Waals surface area contributed by atoms with Crippen LogP contribution in [0.25, 0.3) is 0 Å². The molecule has 0 heterocycles. The molecule has 0 aromatic rings. The lowest BCUT2D eigenvalue weighted by Crippen LogP contribution is -2.10. The zero-order chi connectivity index (χ0) is 13.1. The van der Waals surface area contributed by atoms with Gasteiger partial charge in [0.15, 0.2) is 0 Å². The maximum atomic E-state index is 10.8. The van der Waals surface area contributed by atoms with Gasteiger partial charge >= 0.3 is 5.97 Å². The second kappa shape index (κ2) is 11.2. The van der Waals surface area contributed by atoms with Crippen molar-refractivity contribution < 1.29 is 9.53 Å². The maximum absolute atomic E-state index is 10.8. The van der Waals surface area contributed by atoms with Gasteiger partial charge in [-0.25, -0.2) is 0 Å². The summed E-state index contributed by atoms with van der Waals surface area (Å²) >= 11 is 11.9. The average Bonchev–Trinajstić information content (AvgIpc) is 2.31. The molecule has 0 aromatic heterocycles. The van der Waals surface area contributed by atoms with Crippen LogP contribution >= 0.6 is 23.2 Å². The van der Waals surface area contributed by atoms with E-state index in [-0.39, 0.29) is 16.7 Å². The molecule has 0 rings (SSSR count). The number of hydrogen-bond acceptors (Lipinski definition) is 2. The third-order valence-corrected chi connectivity index (χ3v) is 3.87. The van der Waals surface area contributed by atoms with Crippen LogP contribution < -0.4 is 0 Å². The Bertz CT molecular complexity index is 196. The number of rotatable bonds is 10. The first-order chi connectivity index (χ1) is 8.07. The Kier molecular flexibility index (Phi) is 11.2. The lowest BCUT2D eigenvalue weighted by molar-refractivity contribution is -0.140. The molecule has 0 saturated carbocycles. The number of esters is 1. The van der Waals surface area contributed by atoms with Gasteiger partial charge in [-0.2, -0.15) is 0 Å². The fourth-order valence-corrected chi connectivity index (χ4v) is 1.93. The predicted octanol–water partition coefficient (Wildman–Crippen LogP) is 4.51. The number of halogens is 2. The van der Waals surface area contributed by atoms with Gasteiger partial charge in [0.25, 0.3) is 0 Å². The number of unbranched alkanes of at least 4 members (excludes halogenated alkanes) is 5. The van der Waals surface area contributed by atoms with Gasteiger partial charge in [0, 0.05) is 17.2 Å². The molecule has 0 saturated heterocycles. The summed E-state index contributed by atoms with van der Waals surface area (Å²) in [6.07, 6.45) is 8.31. The summed E-state index contributed by atoms with van der Waals surface area (Å²) in [4.78, 5) is 10.8. The highest BCUT2D eigenvalue weighted by Gasteiger charge is 2.10. The topological polar surface area (TPSA) is 26.3 Å². The molecule has 0 radical (unpaired) electrons. The summed E-state index contributed by atoms with van der Waals surface area (Å²) in [5.74, 6) is -0.105. The van der Waals surface area contributed by atoms with Gasteiger partial charge in [0.05, 0.1) is 7.11 Å². The van der Waals surface area contributed by atoms with Crippen LogP contribution in [0.3, 0.4) is 0 Å². The van der Waals surface area contributed by atoms with Gasteiger partial charge < -0.3 is 4.74 Å². The first-order valence-electron chi connectivity index (χ1n) is 6.43. The van der Waals surface area contributed by atoms with Gasteiger partial charge in [-0.3, -0.25) is 4.79 Å². The van der Waals surface area contributed by atoms with E-state index in [1.807, 2.05) is 6.92 Å². The molecular weight excluding hydrogens is 259 g/mol. The third kappa shape index (κ3) is 10.9. The molecule has 0 aliphatic heterocycles. The highest BCUT2D eigenvalue weighted by atomic mass is 35.5. The fraction of sp³-hybridized carbons (Fsp3) is 0.923. The van der Waals surface area contributed by atoms with Crippen molar-refractivity contribution in [3.05, 3.63) is 0 Å². The van der Waals surface area contributed by atoms with Crippen LogP contribution in [0.15, 0.2) is 0 Å². The number of ether oxygens (including phenoxy) is 1. The number of methoxy groups -OCH3 is 1. The van der Waals surface area contributed by atoms with Crippen molar-refractivity contribution in [2.45, 2.75) is 69.0 Å². The Morgan fingerprint density at radius 3 is 2.12 bits per heavy atom. The van der Waals surface area contributed by atoms with E-state index in [1.165, 1.54) is 26.4 Å². The smallest absolute Gasteiger partial charge is 0.305 e. The molecule has 2 unspecified atom stereocenters. The molecule has 0 bridgehead atoms. The van der Waals surface area contributed by atoms with E-state index in [0.717, 1.165) is 25.7 Å². The summed E-state index contributed by atoms with van der Waals surface area (Å²) < 4.78 is 4.58. The number of carbonyl (C=O) groups is 1. The fourth-order valence-electron chi connectivity index (χ4n) is 1.65. The molecular formula is C13H24Cl2O2. The Balaban J connectivity index is 3.16. The predicted molar refractivity (Wildman–Crippen MR) is 73.9 cm³/mol. The first kappa shape index (κ1) is 17.1. The Labute approximate surface area is 115 Å². The van der Waals surface area contributed by atoms with Crippen LogP contribution in [0.4, 0.5) is 0 Å². The molecule has 0 amide bonds. The number of hydrogen-bond donors (Lipinski definition) is 0. The van der Waals surface area contributed by atoms with Crippen molar-refractivity contribution in [2.24, 2.45) is 0 Å². The molecule has 0 spiro atoms. The SMILES string of the molecule is COC(=O)CCCCCCCCC(Cl)C(C)Cl. The summed E-state index contributed by atoms with van der Waals surface area (Å²) in [6.45, 7) is 1.94. The second-order valence-corrected chi connectivity index (χ2v) is 5.68. The van der Waals surface area contributed by atoms with Gasteiger partial charge in [-0.15, -0.1) is 23.2 Å². The standard InChI is InChI=1S/C13H24Cl2O2/c1-11(14)12(15)9-7-5-3-4-6-8-10-13(16)17-2/h11-12H,3-10H2,1-2H3. The van der Waals surface area contributed by atoms with Crippen molar-refractivity contribution in [3.63, 3.8) is 0 Å². The number of alkyl halides is 2. The Morgan fingerprint density at radius 1 is 1.06 bits per heavy atom. The van der Waals surface area contributed by atoms with Crippen molar-refractivity contribution in [1.82, 2.24) is 0 Å². The summed E-state index contributed by atoms with van der Waals surface area (Å²) in [5, 5.41) is 0.146. The van der Waals surface area contributed by atoms with Crippen LogP contribution in [0, 0.1) is 0 Å². The highest BCUT2D eigenvalue weighted by molar-refractivity contribution is 6.29. The van der Waals surface area contributed by atoms with Crippen molar-refractivity contribution >= 4 is 29.2 Å². The van der Waals surface area contributed by atoms with Crippen LogP contribution in [0.2, 0.25) is 0 Å². The van der Waals surface area contributed by atoms with Gasteiger partial charge in [0.2, 0.25) is 0 Å². The monoisotopic (exact) mass is 282 g/mol. The minimum absolute atomic E-state index is 0.0525. The lowest BCUT2D eigenvalue weighted by atomic mass is 10.1. The van der Waals surface area contributed by atoms with E-state index in [9.17, 15) is 4.79 Å². The van der Waals surface area contributed by atoms with E-state index < -0.39 is 0 Å². The Hall–Kier alpha value is 0.0500. The molecule has 0 aliphatic carbocycles. The molecule has 0 N–H and O–H groups in total. The van der Waals surface area contributed by atoms with E-state index in [1.54, 1.807) is 0 Å². The molecule has 0 aromatic carbocycles. The molecule has 0 aliphatic rings. The van der Waals surface area contributed by atoms with E-state index in [4.69, 9.17) is 23.2 Å². The first-order valence-corrected chi connectivity index (χ1v) is 7.30. The summed E-state index contributed by atoms with van der Waals surface area (Å²) in [7, 11) is 1.43. The normalized spacial score (nSPS) is 14.4.